The van der Waals surface area contributed by atoms with Crippen LogP contribution in [0, 0.1) is 0 Å². The first kappa shape index (κ1) is 11.9. The van der Waals surface area contributed by atoms with Crippen LogP contribution in [0.15, 0.2) is 0 Å². The molecule has 3 fully saturated rings. The Labute approximate surface area is 104 Å². The van der Waals surface area contributed by atoms with Crippen LogP contribution in [-0.2, 0) is 9.47 Å². The van der Waals surface area contributed by atoms with Crippen molar-refractivity contribution >= 4 is 0 Å². The number of nitrogens with one attached hydrogen (secondary N) is 1. The average Bonchev–Trinajstić information content (AvgIpc) is 2.87. The third kappa shape index (κ3) is 2.36. The molecule has 2 heterocycles. The minimum atomic E-state index is -0.193. The van der Waals surface area contributed by atoms with Crippen molar-refractivity contribution in [2.45, 2.75) is 50.5 Å². The molecule has 0 aromatic rings. The van der Waals surface area contributed by atoms with Gasteiger partial charge in [-0.05, 0) is 19.4 Å². The van der Waals surface area contributed by atoms with Crippen molar-refractivity contribution in [1.29, 1.82) is 0 Å². The topological polar surface area (TPSA) is 33.7 Å². The minimum absolute atomic E-state index is 0.193. The van der Waals surface area contributed by atoms with Gasteiger partial charge in [-0.15, -0.1) is 0 Å². The van der Waals surface area contributed by atoms with Gasteiger partial charge in [0.25, 0.3) is 0 Å². The summed E-state index contributed by atoms with van der Waals surface area (Å²) in [5.41, 5.74) is 0. The molecule has 4 heteroatoms. The molecule has 1 atom stereocenters. The highest BCUT2D eigenvalue weighted by atomic mass is 16.7. The van der Waals surface area contributed by atoms with E-state index in [1.165, 1.54) is 12.8 Å². The summed E-state index contributed by atoms with van der Waals surface area (Å²) >= 11 is 0. The van der Waals surface area contributed by atoms with E-state index in [-0.39, 0.29) is 11.9 Å². The molecule has 3 rings (SSSR count). The zero-order valence-corrected chi connectivity index (χ0v) is 10.8. The van der Waals surface area contributed by atoms with Crippen LogP contribution in [0.3, 0.4) is 0 Å². The lowest BCUT2D eigenvalue weighted by Gasteiger charge is -2.38. The van der Waals surface area contributed by atoms with Crippen molar-refractivity contribution < 1.29 is 9.47 Å². The minimum Gasteiger partial charge on any atom is -0.347 e. The summed E-state index contributed by atoms with van der Waals surface area (Å²) in [4.78, 5) is 2.53. The van der Waals surface area contributed by atoms with Crippen molar-refractivity contribution in [3.63, 3.8) is 0 Å². The summed E-state index contributed by atoms with van der Waals surface area (Å²) in [6, 6.07) is 0.712. The van der Waals surface area contributed by atoms with E-state index in [0.717, 1.165) is 45.6 Å². The lowest BCUT2D eigenvalue weighted by Crippen LogP contribution is -2.58. The number of rotatable bonds is 4. The van der Waals surface area contributed by atoms with Crippen LogP contribution >= 0.6 is 0 Å². The maximum absolute atomic E-state index is 6.18. The van der Waals surface area contributed by atoms with Gasteiger partial charge in [-0.3, -0.25) is 4.90 Å². The Hall–Kier alpha value is -0.160. The van der Waals surface area contributed by atoms with Crippen LogP contribution in [0.4, 0.5) is 0 Å². The first-order valence-corrected chi connectivity index (χ1v) is 7.08. The number of ether oxygens (including phenoxy) is 2. The van der Waals surface area contributed by atoms with E-state index in [1.807, 2.05) is 0 Å². The molecule has 2 saturated heterocycles. The van der Waals surface area contributed by atoms with Gasteiger partial charge in [0, 0.05) is 38.5 Å². The average molecular weight is 240 g/mol. The number of hydrogen-bond acceptors (Lipinski definition) is 4. The second-order valence-corrected chi connectivity index (χ2v) is 5.57. The predicted octanol–water partition coefficient (Wildman–Crippen LogP) is 0.966. The third-order valence-electron chi connectivity index (χ3n) is 4.40. The van der Waals surface area contributed by atoms with Crippen molar-refractivity contribution in [2.24, 2.45) is 0 Å². The maximum atomic E-state index is 6.18. The Morgan fingerprint density at radius 1 is 1.29 bits per heavy atom. The molecule has 0 amide bonds. The van der Waals surface area contributed by atoms with E-state index in [2.05, 4.69) is 17.1 Å². The first-order valence-electron chi connectivity index (χ1n) is 7.08. The third-order valence-corrected chi connectivity index (χ3v) is 4.40. The SMILES string of the molecule is CCN(CC1COC2(CCCC2)O1)C1CNC1. The monoisotopic (exact) mass is 240 g/mol. The van der Waals surface area contributed by atoms with Gasteiger partial charge < -0.3 is 14.8 Å². The van der Waals surface area contributed by atoms with E-state index in [0.29, 0.717) is 6.04 Å². The highest BCUT2D eigenvalue weighted by Gasteiger charge is 2.44. The van der Waals surface area contributed by atoms with Crippen LogP contribution in [0.1, 0.15) is 32.6 Å². The largest absolute Gasteiger partial charge is 0.347 e. The lowest BCUT2D eigenvalue weighted by molar-refractivity contribution is -0.164. The van der Waals surface area contributed by atoms with Gasteiger partial charge in [-0.1, -0.05) is 6.92 Å². The fourth-order valence-corrected chi connectivity index (χ4v) is 3.21. The van der Waals surface area contributed by atoms with E-state index in [9.17, 15) is 0 Å². The van der Waals surface area contributed by atoms with Crippen LogP contribution < -0.4 is 5.32 Å². The Morgan fingerprint density at radius 3 is 2.65 bits per heavy atom. The fraction of sp³-hybridized carbons (Fsp3) is 1.00. The Morgan fingerprint density at radius 2 is 2.06 bits per heavy atom. The van der Waals surface area contributed by atoms with E-state index >= 15 is 0 Å². The number of likely N-dealkylation sites (N-methyl/N-ethyl adjacent to an activating group) is 1. The zero-order valence-electron chi connectivity index (χ0n) is 10.8. The van der Waals surface area contributed by atoms with Crippen LogP contribution in [-0.4, -0.2) is 55.6 Å². The second-order valence-electron chi connectivity index (χ2n) is 5.57. The molecular weight excluding hydrogens is 216 g/mol. The van der Waals surface area contributed by atoms with Crippen molar-refractivity contribution in [3.8, 4) is 0 Å². The van der Waals surface area contributed by atoms with Gasteiger partial charge in [-0.2, -0.15) is 0 Å². The number of nitrogens with zero attached hydrogens (tertiary/aromatic N) is 1. The van der Waals surface area contributed by atoms with Crippen molar-refractivity contribution in [3.05, 3.63) is 0 Å². The van der Waals surface area contributed by atoms with Crippen molar-refractivity contribution in [1.82, 2.24) is 10.2 Å². The van der Waals surface area contributed by atoms with Crippen LogP contribution in [0.5, 0.6) is 0 Å². The van der Waals surface area contributed by atoms with Crippen molar-refractivity contribution in [2.75, 3.05) is 32.8 Å². The first-order chi connectivity index (χ1) is 8.31. The summed E-state index contributed by atoms with van der Waals surface area (Å²) in [7, 11) is 0. The molecule has 2 aliphatic heterocycles. The van der Waals surface area contributed by atoms with Crippen LogP contribution in [0.25, 0.3) is 0 Å². The highest BCUT2D eigenvalue weighted by Crippen LogP contribution is 2.39. The lowest BCUT2D eigenvalue weighted by atomic mass is 10.1. The molecule has 4 nitrogen and oxygen atoms in total. The van der Waals surface area contributed by atoms with Gasteiger partial charge in [0.05, 0.1) is 12.7 Å². The van der Waals surface area contributed by atoms with Gasteiger partial charge in [-0.25, -0.2) is 0 Å². The molecule has 98 valence electrons. The number of hydrogen-bond donors (Lipinski definition) is 1. The summed E-state index contributed by atoms with van der Waals surface area (Å²) in [6.07, 6.45) is 5.00. The molecule has 1 unspecified atom stereocenters. The van der Waals surface area contributed by atoms with Gasteiger partial charge in [0.15, 0.2) is 5.79 Å². The second kappa shape index (κ2) is 4.84. The molecule has 1 spiro atoms. The zero-order chi connectivity index (χ0) is 11.7. The molecule has 0 bridgehead atoms. The van der Waals surface area contributed by atoms with E-state index < -0.39 is 0 Å². The molecule has 0 aromatic heterocycles. The molecule has 1 saturated carbocycles. The smallest absolute Gasteiger partial charge is 0.168 e. The molecule has 0 radical (unpaired) electrons. The Kier molecular flexibility index (Phi) is 3.39. The molecule has 1 aliphatic carbocycles. The normalized spacial score (nSPS) is 32.5. The Balaban J connectivity index is 1.52. The van der Waals surface area contributed by atoms with Gasteiger partial charge in [0.2, 0.25) is 0 Å². The van der Waals surface area contributed by atoms with Gasteiger partial charge >= 0.3 is 0 Å². The molecule has 3 aliphatic rings. The maximum Gasteiger partial charge on any atom is 0.168 e. The summed E-state index contributed by atoms with van der Waals surface area (Å²) in [6.45, 7) is 7.43. The predicted molar refractivity (Wildman–Crippen MR) is 65.9 cm³/mol. The fourth-order valence-electron chi connectivity index (χ4n) is 3.21. The summed E-state index contributed by atoms with van der Waals surface area (Å²) < 4.78 is 12.1. The molecule has 0 aromatic carbocycles. The summed E-state index contributed by atoms with van der Waals surface area (Å²) in [5, 5.41) is 3.34. The summed E-state index contributed by atoms with van der Waals surface area (Å²) in [5.74, 6) is -0.193. The van der Waals surface area contributed by atoms with E-state index in [1.54, 1.807) is 0 Å². The molecular formula is C13H24N2O2. The molecule has 1 N–H and O–H groups in total. The van der Waals surface area contributed by atoms with Gasteiger partial charge in [0.1, 0.15) is 0 Å². The highest BCUT2D eigenvalue weighted by molar-refractivity contribution is 4.89. The van der Waals surface area contributed by atoms with Crippen LogP contribution in [0.2, 0.25) is 0 Å². The molecule has 17 heavy (non-hydrogen) atoms. The quantitative estimate of drug-likeness (QED) is 0.794. The standard InChI is InChI=1S/C13H24N2O2/c1-2-15(11-7-14-8-11)9-12-10-16-13(17-12)5-3-4-6-13/h11-12,14H,2-10H2,1H3. The Bertz CT molecular complexity index is 262. The van der Waals surface area contributed by atoms with E-state index in [4.69, 9.17) is 9.47 Å².